The summed E-state index contributed by atoms with van der Waals surface area (Å²) in [6.45, 7) is -1.53. The molecule has 0 heterocycles. The molecule has 0 aliphatic carbocycles. The van der Waals surface area contributed by atoms with Gasteiger partial charge in [0.15, 0.2) is 0 Å². The molecule has 2 rings (SSSR count). The summed E-state index contributed by atoms with van der Waals surface area (Å²) in [6, 6.07) is 19.5. The van der Waals surface area contributed by atoms with Gasteiger partial charge in [0.2, 0.25) is 0 Å². The van der Waals surface area contributed by atoms with E-state index in [1.807, 2.05) is 60.7 Å². The third kappa shape index (κ3) is 5.76. The molecule has 0 aromatic heterocycles. The molecule has 0 saturated heterocycles. The van der Waals surface area contributed by atoms with E-state index in [4.69, 9.17) is 0 Å². The second-order valence-electron chi connectivity index (χ2n) is 6.53. The van der Waals surface area contributed by atoms with E-state index in [1.54, 1.807) is 0 Å². The molecule has 0 aliphatic rings. The number of carbonyl (C=O) groups is 1. The van der Waals surface area contributed by atoms with Gasteiger partial charge in [0.1, 0.15) is 0 Å². The first-order chi connectivity index (χ1) is 11.7. The quantitative estimate of drug-likeness (QED) is 0.475. The van der Waals surface area contributed by atoms with Crippen molar-refractivity contribution in [3.63, 3.8) is 0 Å². The van der Waals surface area contributed by atoms with Crippen molar-refractivity contribution in [1.82, 2.24) is 0 Å². The number of halogens is 3. The van der Waals surface area contributed by atoms with Crippen LogP contribution in [-0.4, -0.2) is 37.1 Å². The Labute approximate surface area is 149 Å². The summed E-state index contributed by atoms with van der Waals surface area (Å²) in [5.74, 6) is -0.799. The van der Waals surface area contributed by atoms with Crippen molar-refractivity contribution < 1.29 is 22.7 Å². The van der Waals surface area contributed by atoms with Gasteiger partial charge in [-0.15, -0.1) is 0 Å². The van der Waals surface area contributed by atoms with E-state index >= 15 is 0 Å². The van der Waals surface area contributed by atoms with Crippen molar-refractivity contribution in [3.05, 3.63) is 66.2 Å². The molecular formula is C19H21F3O2Sn. The number of carbonyl (C=O) groups excluding carboxylic acids is 1. The molecular weight excluding hydrogens is 436 g/mol. The number of hydrogen-bond donors (Lipinski definition) is 0. The Morgan fingerprint density at radius 1 is 1.00 bits per heavy atom. The van der Waals surface area contributed by atoms with Crippen LogP contribution >= 0.6 is 0 Å². The molecule has 0 radical (unpaired) electrons. The summed E-state index contributed by atoms with van der Waals surface area (Å²) < 4.78 is 42.5. The second-order valence-corrected chi connectivity index (χ2v) is 20.0. The standard InChI is InChI=1S/C11H10F3O2.C6H5.2CH3.Sn/c12-11(13,14)8-16-10(15)7-6-9-4-2-1-3-5-9;1-2-4-6-5-3-1;;;/h1-6H,7-8H2;1-5H;2*1H3;. The number of esters is 1. The van der Waals surface area contributed by atoms with Crippen LogP contribution in [0.25, 0.3) is 0 Å². The van der Waals surface area contributed by atoms with Gasteiger partial charge in [-0.3, -0.25) is 0 Å². The number of ether oxygens (including phenoxy) is 1. The predicted octanol–water partition coefficient (Wildman–Crippen LogP) is 4.42. The van der Waals surface area contributed by atoms with Gasteiger partial charge in [-0.25, -0.2) is 0 Å². The van der Waals surface area contributed by atoms with Gasteiger partial charge in [-0.1, -0.05) is 0 Å². The molecule has 0 N–H and O–H groups in total. The number of hydrogen-bond acceptors (Lipinski definition) is 2. The maximum absolute atomic E-state index is 12.3. The minimum atomic E-state index is -4.50. The van der Waals surface area contributed by atoms with Crippen molar-refractivity contribution in [3.8, 4) is 0 Å². The molecule has 0 amide bonds. The summed E-state index contributed by atoms with van der Waals surface area (Å²) in [5, 5.41) is 0. The van der Waals surface area contributed by atoms with E-state index in [0.29, 0.717) is 0 Å². The average molecular weight is 457 g/mol. The molecule has 0 bridgehead atoms. The van der Waals surface area contributed by atoms with Gasteiger partial charge in [-0.2, -0.15) is 0 Å². The molecule has 0 fully saturated rings. The Bertz CT molecular complexity index is 685. The third-order valence-corrected chi connectivity index (χ3v) is 16.1. The first-order valence-corrected chi connectivity index (χ1v) is 16.8. The van der Waals surface area contributed by atoms with Crippen LogP contribution in [0.4, 0.5) is 13.2 Å². The second kappa shape index (κ2) is 8.25. The monoisotopic (exact) mass is 458 g/mol. The maximum atomic E-state index is 12.3. The van der Waals surface area contributed by atoms with Crippen molar-refractivity contribution >= 4 is 27.9 Å². The number of benzene rings is 2. The van der Waals surface area contributed by atoms with Crippen molar-refractivity contribution in [2.24, 2.45) is 0 Å². The first-order valence-electron chi connectivity index (χ1n) is 8.03. The number of alkyl halides is 3. The van der Waals surface area contributed by atoms with Crippen LogP contribution < -0.4 is 3.58 Å². The van der Waals surface area contributed by atoms with Crippen LogP contribution in [0.2, 0.25) is 9.88 Å². The predicted molar refractivity (Wildman–Crippen MR) is 94.4 cm³/mol. The molecule has 1 atom stereocenters. The Morgan fingerprint density at radius 3 is 2.04 bits per heavy atom. The van der Waals surface area contributed by atoms with Crippen LogP contribution in [-0.2, 0) is 9.53 Å². The normalized spacial score (nSPS) is 13.3. The zero-order chi connectivity index (χ0) is 18.5. The summed E-state index contributed by atoms with van der Waals surface area (Å²) >= 11 is -3.05. The van der Waals surface area contributed by atoms with Crippen molar-refractivity contribution in [2.45, 2.75) is 26.4 Å². The summed E-state index contributed by atoms with van der Waals surface area (Å²) in [6.07, 6.45) is -4.53. The summed E-state index contributed by atoms with van der Waals surface area (Å²) in [4.78, 5) is 16.4. The Kier molecular flexibility index (Phi) is 6.54. The van der Waals surface area contributed by atoms with Crippen LogP contribution in [0, 0.1) is 0 Å². The van der Waals surface area contributed by atoms with E-state index in [2.05, 4.69) is 14.6 Å². The molecule has 25 heavy (non-hydrogen) atoms. The molecule has 2 aromatic carbocycles. The van der Waals surface area contributed by atoms with Gasteiger partial charge in [0, 0.05) is 0 Å². The Balaban J connectivity index is 2.27. The van der Waals surface area contributed by atoms with E-state index in [1.165, 1.54) is 3.58 Å². The molecule has 2 aromatic rings. The van der Waals surface area contributed by atoms with Gasteiger partial charge >= 0.3 is 150 Å². The molecule has 0 saturated carbocycles. The van der Waals surface area contributed by atoms with E-state index < -0.39 is 37.1 Å². The Hall–Kier alpha value is -1.50. The minimum absolute atomic E-state index is 0.0297. The third-order valence-electron chi connectivity index (χ3n) is 4.36. The van der Waals surface area contributed by atoms with Crippen molar-refractivity contribution in [1.29, 1.82) is 0 Å². The zero-order valence-electron chi connectivity index (χ0n) is 14.2. The topological polar surface area (TPSA) is 26.3 Å². The van der Waals surface area contributed by atoms with Gasteiger partial charge in [0.25, 0.3) is 0 Å². The van der Waals surface area contributed by atoms with Crippen LogP contribution in [0.5, 0.6) is 0 Å². The average Bonchev–Trinajstić information content (AvgIpc) is 2.58. The van der Waals surface area contributed by atoms with E-state index in [0.717, 1.165) is 5.56 Å². The fraction of sp³-hybridized carbons (Fsp3) is 0.316. The SMILES string of the molecule is [CH3][Sn]([CH3])([c]1ccccc1)[CH](CC(=O)OCC(F)(F)F)c1ccccc1. The van der Waals surface area contributed by atoms with E-state index in [-0.39, 0.29) is 10.4 Å². The first kappa shape index (κ1) is 19.8. The molecule has 2 nitrogen and oxygen atoms in total. The van der Waals surface area contributed by atoms with Gasteiger partial charge in [-0.05, 0) is 0 Å². The van der Waals surface area contributed by atoms with Crippen molar-refractivity contribution in [2.75, 3.05) is 6.61 Å². The van der Waals surface area contributed by atoms with Gasteiger partial charge < -0.3 is 0 Å². The van der Waals surface area contributed by atoms with Crippen LogP contribution in [0.1, 0.15) is 15.9 Å². The number of rotatable bonds is 6. The van der Waals surface area contributed by atoms with Gasteiger partial charge in [0.05, 0.1) is 0 Å². The zero-order valence-corrected chi connectivity index (χ0v) is 17.1. The molecule has 0 spiro atoms. The Morgan fingerprint density at radius 2 is 1.52 bits per heavy atom. The molecule has 6 heteroatoms. The van der Waals surface area contributed by atoms with Crippen LogP contribution in [0.15, 0.2) is 60.7 Å². The fourth-order valence-corrected chi connectivity index (χ4v) is 11.9. The summed E-state index contributed by atoms with van der Waals surface area (Å²) in [5.41, 5.74) is 0.983. The van der Waals surface area contributed by atoms with E-state index in [9.17, 15) is 18.0 Å². The summed E-state index contributed by atoms with van der Waals surface area (Å²) in [7, 11) is 0. The van der Waals surface area contributed by atoms with Crippen LogP contribution in [0.3, 0.4) is 0 Å². The molecule has 134 valence electrons. The molecule has 0 aliphatic heterocycles. The fourth-order valence-electron chi connectivity index (χ4n) is 2.93. The molecule has 1 unspecified atom stereocenters.